The molecule has 0 saturated carbocycles. The van der Waals surface area contributed by atoms with Crippen molar-refractivity contribution in [3.63, 3.8) is 0 Å². The maximum absolute atomic E-state index is 8.90. The molecule has 2 rings (SSSR count). The van der Waals surface area contributed by atoms with Crippen molar-refractivity contribution in [2.24, 2.45) is 0 Å². The fourth-order valence-electron chi connectivity index (χ4n) is 1.63. The highest BCUT2D eigenvalue weighted by Crippen LogP contribution is 2.23. The SMILES string of the molecule is Cc1cc(C#N)c(=S)[nH]c1-c1ccc(Br)cc1. The Labute approximate surface area is 113 Å². The first-order valence-corrected chi connectivity index (χ1v) is 6.22. The largest absolute Gasteiger partial charge is 0.345 e. The highest BCUT2D eigenvalue weighted by molar-refractivity contribution is 9.10. The van der Waals surface area contributed by atoms with Crippen molar-refractivity contribution in [1.29, 1.82) is 5.26 Å². The van der Waals surface area contributed by atoms with Crippen LogP contribution in [0, 0.1) is 22.9 Å². The molecule has 1 heterocycles. The van der Waals surface area contributed by atoms with E-state index >= 15 is 0 Å². The lowest BCUT2D eigenvalue weighted by Gasteiger charge is -2.07. The van der Waals surface area contributed by atoms with Gasteiger partial charge in [0, 0.05) is 10.2 Å². The normalized spacial score (nSPS) is 9.94. The molecule has 0 aliphatic carbocycles. The Hall–Kier alpha value is -1.44. The molecule has 1 aromatic carbocycles. The summed E-state index contributed by atoms with van der Waals surface area (Å²) in [7, 11) is 0. The van der Waals surface area contributed by atoms with E-state index in [1.165, 1.54) is 0 Å². The fourth-order valence-corrected chi connectivity index (χ4v) is 2.10. The van der Waals surface area contributed by atoms with Crippen molar-refractivity contribution in [2.75, 3.05) is 0 Å². The average molecular weight is 305 g/mol. The zero-order valence-corrected chi connectivity index (χ0v) is 11.5. The Morgan fingerprint density at radius 3 is 2.53 bits per heavy atom. The molecule has 0 aliphatic heterocycles. The maximum atomic E-state index is 8.90. The molecule has 0 fully saturated rings. The highest BCUT2D eigenvalue weighted by Gasteiger charge is 2.05. The van der Waals surface area contributed by atoms with Crippen molar-refractivity contribution in [1.82, 2.24) is 4.98 Å². The van der Waals surface area contributed by atoms with Crippen molar-refractivity contribution in [3.05, 3.63) is 50.6 Å². The van der Waals surface area contributed by atoms with Crippen LogP contribution in [0.1, 0.15) is 11.1 Å². The molecule has 0 aliphatic rings. The van der Waals surface area contributed by atoms with E-state index in [1.807, 2.05) is 37.3 Å². The van der Waals surface area contributed by atoms with E-state index in [4.69, 9.17) is 17.5 Å². The van der Waals surface area contributed by atoms with Crippen LogP contribution in [0.15, 0.2) is 34.8 Å². The van der Waals surface area contributed by atoms with Crippen molar-refractivity contribution in [2.45, 2.75) is 6.92 Å². The summed E-state index contributed by atoms with van der Waals surface area (Å²) in [4.78, 5) is 3.11. The number of benzene rings is 1. The van der Waals surface area contributed by atoms with Crippen LogP contribution < -0.4 is 0 Å². The summed E-state index contributed by atoms with van der Waals surface area (Å²) in [6, 6.07) is 11.9. The molecule has 2 nitrogen and oxygen atoms in total. The predicted octanol–water partition coefficient (Wildman–Crippen LogP) is 4.35. The Morgan fingerprint density at radius 1 is 1.29 bits per heavy atom. The van der Waals surface area contributed by atoms with Crippen LogP contribution in [0.2, 0.25) is 0 Å². The van der Waals surface area contributed by atoms with Crippen LogP contribution in [0.5, 0.6) is 0 Å². The van der Waals surface area contributed by atoms with Gasteiger partial charge in [0.05, 0.1) is 5.56 Å². The summed E-state index contributed by atoms with van der Waals surface area (Å²) in [5, 5.41) is 8.90. The number of aromatic nitrogens is 1. The minimum atomic E-state index is 0.482. The molecule has 84 valence electrons. The molecule has 0 unspecified atom stereocenters. The number of aromatic amines is 1. The lowest BCUT2D eigenvalue weighted by atomic mass is 10.1. The van der Waals surface area contributed by atoms with Gasteiger partial charge in [-0.3, -0.25) is 0 Å². The van der Waals surface area contributed by atoms with E-state index in [9.17, 15) is 0 Å². The average Bonchev–Trinajstić information content (AvgIpc) is 2.33. The molecule has 0 spiro atoms. The minimum Gasteiger partial charge on any atom is -0.345 e. The Bertz CT molecular complexity index is 651. The van der Waals surface area contributed by atoms with E-state index in [1.54, 1.807) is 0 Å². The third-order valence-corrected chi connectivity index (χ3v) is 3.34. The lowest BCUT2D eigenvalue weighted by Crippen LogP contribution is -1.92. The number of halogens is 1. The van der Waals surface area contributed by atoms with Crippen LogP contribution in [0.25, 0.3) is 11.3 Å². The number of nitrogens with one attached hydrogen (secondary N) is 1. The number of hydrogen-bond acceptors (Lipinski definition) is 2. The molecule has 2 aromatic rings. The number of pyridine rings is 1. The maximum Gasteiger partial charge on any atom is 0.121 e. The zero-order valence-electron chi connectivity index (χ0n) is 9.12. The zero-order chi connectivity index (χ0) is 12.4. The van der Waals surface area contributed by atoms with E-state index in [-0.39, 0.29) is 0 Å². The summed E-state index contributed by atoms with van der Waals surface area (Å²) in [5.41, 5.74) is 3.54. The quantitative estimate of drug-likeness (QED) is 0.795. The number of aryl methyl sites for hydroxylation is 1. The van der Waals surface area contributed by atoms with Crippen molar-refractivity contribution in [3.8, 4) is 17.3 Å². The number of nitrogens with zero attached hydrogens (tertiary/aromatic N) is 1. The Morgan fingerprint density at radius 2 is 1.94 bits per heavy atom. The van der Waals surface area contributed by atoms with Gasteiger partial charge in [-0.25, -0.2) is 0 Å². The molecule has 0 bridgehead atoms. The van der Waals surface area contributed by atoms with Gasteiger partial charge in [0.2, 0.25) is 0 Å². The van der Waals surface area contributed by atoms with Crippen LogP contribution in [0.3, 0.4) is 0 Å². The summed E-state index contributed by atoms with van der Waals surface area (Å²) < 4.78 is 1.52. The lowest BCUT2D eigenvalue weighted by molar-refractivity contribution is 1.23. The highest BCUT2D eigenvalue weighted by atomic mass is 79.9. The molecular formula is C13H9BrN2S. The first-order chi connectivity index (χ1) is 8.11. The standard InChI is InChI=1S/C13H9BrN2S/c1-8-6-10(7-15)13(17)16-12(8)9-2-4-11(14)5-3-9/h2-6H,1H3,(H,16,17). The van der Waals surface area contributed by atoms with Gasteiger partial charge in [-0.2, -0.15) is 5.26 Å². The van der Waals surface area contributed by atoms with Gasteiger partial charge < -0.3 is 4.98 Å². The molecule has 1 aromatic heterocycles. The fraction of sp³-hybridized carbons (Fsp3) is 0.0769. The minimum absolute atomic E-state index is 0.482. The second kappa shape index (κ2) is 4.82. The smallest absolute Gasteiger partial charge is 0.121 e. The van der Waals surface area contributed by atoms with Gasteiger partial charge >= 0.3 is 0 Å². The van der Waals surface area contributed by atoms with Crippen LogP contribution in [-0.4, -0.2) is 4.98 Å². The molecule has 0 radical (unpaired) electrons. The van der Waals surface area contributed by atoms with Crippen molar-refractivity contribution >= 4 is 28.1 Å². The number of H-pyrrole nitrogens is 1. The van der Waals surface area contributed by atoms with Gasteiger partial charge in [-0.05, 0) is 36.2 Å². The second-order valence-corrected chi connectivity index (χ2v) is 5.01. The Balaban J connectivity index is 2.61. The van der Waals surface area contributed by atoms with Gasteiger partial charge in [-0.15, -0.1) is 0 Å². The van der Waals surface area contributed by atoms with Gasteiger partial charge in [0.15, 0.2) is 0 Å². The Kier molecular flexibility index (Phi) is 3.41. The van der Waals surface area contributed by atoms with Crippen LogP contribution >= 0.6 is 28.1 Å². The van der Waals surface area contributed by atoms with E-state index in [0.29, 0.717) is 10.2 Å². The number of hydrogen-bond donors (Lipinski definition) is 1. The summed E-state index contributed by atoms with van der Waals surface area (Å²) in [6.07, 6.45) is 0. The van der Waals surface area contributed by atoms with Crippen LogP contribution in [-0.2, 0) is 0 Å². The molecule has 0 atom stereocenters. The third kappa shape index (κ3) is 2.46. The second-order valence-electron chi connectivity index (χ2n) is 3.69. The third-order valence-electron chi connectivity index (χ3n) is 2.49. The summed E-state index contributed by atoms with van der Waals surface area (Å²) in [6.45, 7) is 1.96. The molecule has 1 N–H and O–H groups in total. The molecular weight excluding hydrogens is 296 g/mol. The van der Waals surface area contributed by atoms with E-state index in [2.05, 4.69) is 27.0 Å². The van der Waals surface area contributed by atoms with Gasteiger partial charge in [-0.1, -0.05) is 40.3 Å². The molecule has 0 saturated heterocycles. The first kappa shape index (κ1) is 12.0. The number of nitriles is 1. The first-order valence-electron chi connectivity index (χ1n) is 5.02. The topological polar surface area (TPSA) is 39.6 Å². The predicted molar refractivity (Wildman–Crippen MR) is 74.2 cm³/mol. The number of rotatable bonds is 1. The van der Waals surface area contributed by atoms with Crippen LogP contribution in [0.4, 0.5) is 0 Å². The monoisotopic (exact) mass is 304 g/mol. The summed E-state index contributed by atoms with van der Waals surface area (Å²) >= 11 is 8.54. The summed E-state index contributed by atoms with van der Waals surface area (Å²) in [5.74, 6) is 0. The van der Waals surface area contributed by atoms with E-state index in [0.717, 1.165) is 21.3 Å². The van der Waals surface area contributed by atoms with Gasteiger partial charge in [0.25, 0.3) is 0 Å². The van der Waals surface area contributed by atoms with Crippen molar-refractivity contribution < 1.29 is 0 Å². The van der Waals surface area contributed by atoms with E-state index < -0.39 is 0 Å². The molecule has 17 heavy (non-hydrogen) atoms. The van der Waals surface area contributed by atoms with Gasteiger partial charge in [0.1, 0.15) is 10.7 Å². The molecule has 0 amide bonds. The molecule has 4 heteroatoms.